The Labute approximate surface area is 120 Å². The zero-order valence-corrected chi connectivity index (χ0v) is 11.4. The van der Waals surface area contributed by atoms with Gasteiger partial charge in [0.2, 0.25) is 5.95 Å². The summed E-state index contributed by atoms with van der Waals surface area (Å²) in [5.41, 5.74) is 3.05. The number of hydrogen-bond donors (Lipinski definition) is 1. The van der Waals surface area contributed by atoms with Gasteiger partial charge in [-0.05, 0) is 37.3 Å². The molecule has 0 aromatic carbocycles. The minimum atomic E-state index is -0.428. The summed E-state index contributed by atoms with van der Waals surface area (Å²) in [5.74, 6) is -0.428. The van der Waals surface area contributed by atoms with Crippen LogP contribution in [0.4, 0.5) is 4.39 Å². The van der Waals surface area contributed by atoms with Crippen LogP contribution in [0.2, 0.25) is 0 Å². The SMILES string of the molecule is Cc1ccc2c(n1)[nH]c1ccncc12.[18F]c1ccccn1. The summed E-state index contributed by atoms with van der Waals surface area (Å²) in [6.07, 6.45) is 5.06. The van der Waals surface area contributed by atoms with Gasteiger partial charge in [-0.2, -0.15) is 4.39 Å². The van der Waals surface area contributed by atoms with Gasteiger partial charge in [0.15, 0.2) is 0 Å². The number of aromatic amines is 1. The summed E-state index contributed by atoms with van der Waals surface area (Å²) < 4.78 is 11.8. The van der Waals surface area contributed by atoms with Gasteiger partial charge in [0, 0.05) is 35.1 Å². The lowest BCUT2D eigenvalue weighted by Gasteiger charge is -1.91. The van der Waals surface area contributed by atoms with Gasteiger partial charge in [-0.15, -0.1) is 0 Å². The highest BCUT2D eigenvalue weighted by Crippen LogP contribution is 2.22. The Balaban J connectivity index is 0.000000160. The first-order valence-electron chi connectivity index (χ1n) is 6.49. The molecule has 0 saturated heterocycles. The summed E-state index contributed by atoms with van der Waals surface area (Å²) >= 11 is 0. The summed E-state index contributed by atoms with van der Waals surface area (Å²) in [6.45, 7) is 1.99. The van der Waals surface area contributed by atoms with Crippen LogP contribution in [0.15, 0.2) is 55.0 Å². The fourth-order valence-corrected chi connectivity index (χ4v) is 2.06. The molecule has 0 aliphatic heterocycles. The Hall–Kier alpha value is -2.82. The van der Waals surface area contributed by atoms with Gasteiger partial charge in [-0.25, -0.2) is 9.97 Å². The average molecular weight is 279 g/mol. The molecule has 4 heterocycles. The van der Waals surface area contributed by atoms with Gasteiger partial charge < -0.3 is 4.98 Å². The quantitative estimate of drug-likeness (QED) is 0.500. The number of aromatic nitrogens is 4. The van der Waals surface area contributed by atoms with Gasteiger partial charge in [0.25, 0.3) is 0 Å². The van der Waals surface area contributed by atoms with E-state index < -0.39 is 5.95 Å². The normalized spacial score (nSPS) is 10.4. The molecule has 0 saturated carbocycles. The minimum absolute atomic E-state index is 0.428. The molecule has 0 aliphatic carbocycles. The van der Waals surface area contributed by atoms with Crippen molar-refractivity contribution in [2.75, 3.05) is 0 Å². The number of hydrogen-bond acceptors (Lipinski definition) is 3. The van der Waals surface area contributed by atoms with E-state index in [2.05, 4.69) is 26.0 Å². The van der Waals surface area contributed by atoms with Crippen LogP contribution >= 0.6 is 0 Å². The average Bonchev–Trinajstić information content (AvgIpc) is 2.86. The molecule has 21 heavy (non-hydrogen) atoms. The van der Waals surface area contributed by atoms with Gasteiger partial charge in [-0.1, -0.05) is 6.07 Å². The van der Waals surface area contributed by atoms with Gasteiger partial charge in [-0.3, -0.25) is 4.98 Å². The Morgan fingerprint density at radius 1 is 1.00 bits per heavy atom. The number of aryl methyl sites for hydroxylation is 1. The molecule has 0 aliphatic rings. The van der Waals surface area contributed by atoms with Crippen molar-refractivity contribution in [1.82, 2.24) is 19.9 Å². The maximum atomic E-state index is 11.8. The maximum absolute atomic E-state index is 11.8. The van der Waals surface area contributed by atoms with E-state index in [4.69, 9.17) is 0 Å². The predicted molar refractivity (Wildman–Crippen MR) is 80.3 cm³/mol. The van der Waals surface area contributed by atoms with Crippen LogP contribution in [0.25, 0.3) is 21.9 Å². The van der Waals surface area contributed by atoms with Crippen molar-refractivity contribution in [3.05, 3.63) is 66.6 Å². The van der Waals surface area contributed by atoms with Crippen LogP contribution in [-0.2, 0) is 0 Å². The van der Waals surface area contributed by atoms with E-state index in [1.807, 2.05) is 25.3 Å². The lowest BCUT2D eigenvalue weighted by Crippen LogP contribution is -1.79. The molecule has 4 rings (SSSR count). The molecule has 4 nitrogen and oxygen atoms in total. The smallest absolute Gasteiger partial charge is 0.212 e. The molecule has 1 N–H and O–H groups in total. The third kappa shape index (κ3) is 2.86. The summed E-state index contributed by atoms with van der Waals surface area (Å²) in [6, 6.07) is 10.6. The Bertz CT molecular complexity index is 871. The number of nitrogens with one attached hydrogen (secondary N) is 1. The first-order valence-corrected chi connectivity index (χ1v) is 6.49. The first-order chi connectivity index (χ1) is 10.2. The highest BCUT2D eigenvalue weighted by Gasteiger charge is 2.03. The molecular weight excluding hydrogens is 266 g/mol. The second-order valence-corrected chi connectivity index (χ2v) is 4.55. The zero-order valence-electron chi connectivity index (χ0n) is 11.4. The molecule has 5 heteroatoms. The number of pyridine rings is 3. The molecule has 0 bridgehead atoms. The third-order valence-corrected chi connectivity index (χ3v) is 3.03. The van der Waals surface area contributed by atoms with Gasteiger partial charge in [0.1, 0.15) is 5.65 Å². The first kappa shape index (κ1) is 13.2. The maximum Gasteiger partial charge on any atom is 0.212 e. The number of rotatable bonds is 0. The van der Waals surface area contributed by atoms with Crippen LogP contribution in [0.1, 0.15) is 5.69 Å². The van der Waals surface area contributed by atoms with Gasteiger partial charge >= 0.3 is 0 Å². The number of nitrogens with zero attached hydrogens (tertiary/aromatic N) is 3. The highest BCUT2D eigenvalue weighted by molar-refractivity contribution is 6.05. The fraction of sp³-hybridized carbons (Fsp3) is 0.0625. The van der Waals surface area contributed by atoms with Crippen LogP contribution in [0.3, 0.4) is 0 Å². The molecule has 4 aromatic rings. The van der Waals surface area contributed by atoms with E-state index in [1.54, 1.807) is 18.3 Å². The lowest BCUT2D eigenvalue weighted by atomic mass is 10.2. The molecule has 0 atom stereocenters. The van der Waals surface area contributed by atoms with Crippen molar-refractivity contribution in [2.24, 2.45) is 0 Å². The number of fused-ring (bicyclic) bond motifs is 3. The lowest BCUT2D eigenvalue weighted by molar-refractivity contribution is 0.584. The summed E-state index contributed by atoms with van der Waals surface area (Å²) in [5, 5.41) is 2.27. The van der Waals surface area contributed by atoms with Crippen LogP contribution in [0, 0.1) is 12.9 Å². The van der Waals surface area contributed by atoms with Crippen LogP contribution < -0.4 is 0 Å². The van der Waals surface area contributed by atoms with Crippen molar-refractivity contribution in [2.45, 2.75) is 6.92 Å². The summed E-state index contributed by atoms with van der Waals surface area (Å²) in [4.78, 5) is 15.1. The van der Waals surface area contributed by atoms with Crippen molar-refractivity contribution < 1.29 is 4.39 Å². The highest BCUT2D eigenvalue weighted by atomic mass is 18.2. The van der Waals surface area contributed by atoms with E-state index in [9.17, 15) is 4.39 Å². The molecule has 0 unspecified atom stereocenters. The van der Waals surface area contributed by atoms with E-state index >= 15 is 0 Å². The Morgan fingerprint density at radius 2 is 1.90 bits per heavy atom. The van der Waals surface area contributed by atoms with Crippen molar-refractivity contribution >= 4 is 21.9 Å². The largest absolute Gasteiger partial charge is 0.339 e. The van der Waals surface area contributed by atoms with Crippen molar-refractivity contribution in [3.63, 3.8) is 0 Å². The molecular formula is C16H13FN4. The predicted octanol–water partition coefficient (Wildman–Crippen LogP) is 3.64. The van der Waals surface area contributed by atoms with Crippen molar-refractivity contribution in [3.8, 4) is 0 Å². The van der Waals surface area contributed by atoms with Crippen molar-refractivity contribution in [1.29, 1.82) is 0 Å². The zero-order chi connectivity index (χ0) is 14.7. The Morgan fingerprint density at radius 3 is 2.62 bits per heavy atom. The third-order valence-electron chi connectivity index (χ3n) is 3.03. The molecule has 0 amide bonds. The van der Waals surface area contributed by atoms with Crippen LogP contribution in [-0.4, -0.2) is 19.9 Å². The monoisotopic (exact) mass is 279 g/mol. The van der Waals surface area contributed by atoms with Crippen LogP contribution in [0.5, 0.6) is 0 Å². The topological polar surface area (TPSA) is 54.5 Å². The fourth-order valence-electron chi connectivity index (χ4n) is 2.06. The standard InChI is InChI=1S/C11H9N3.C5H4FN/c1-7-2-3-8-9-6-12-5-4-10(9)14-11(8)13-7;6-5-3-1-2-4-7-5/h2-6H,1H3,(H,13,14);1-4H/i;6-1. The number of halogens is 1. The second kappa shape index (κ2) is 5.66. The van der Waals surface area contributed by atoms with E-state index in [0.29, 0.717) is 0 Å². The molecule has 0 radical (unpaired) electrons. The minimum Gasteiger partial charge on any atom is -0.339 e. The van der Waals surface area contributed by atoms with E-state index in [0.717, 1.165) is 27.6 Å². The molecule has 0 fully saturated rings. The summed E-state index contributed by atoms with van der Waals surface area (Å²) in [7, 11) is 0. The Kier molecular flexibility index (Phi) is 3.55. The van der Waals surface area contributed by atoms with E-state index in [-0.39, 0.29) is 0 Å². The molecule has 4 aromatic heterocycles. The van der Waals surface area contributed by atoms with Gasteiger partial charge in [0.05, 0.1) is 5.52 Å². The number of H-pyrrole nitrogens is 1. The second-order valence-electron chi connectivity index (χ2n) is 4.55. The van der Waals surface area contributed by atoms with E-state index in [1.165, 1.54) is 12.3 Å². The molecule has 104 valence electrons. The molecule has 0 spiro atoms.